The van der Waals surface area contributed by atoms with E-state index in [1.165, 1.54) is 12.1 Å². The summed E-state index contributed by atoms with van der Waals surface area (Å²) in [5.41, 5.74) is 0.468. The van der Waals surface area contributed by atoms with Crippen molar-refractivity contribution in [3.63, 3.8) is 0 Å². The highest BCUT2D eigenvalue weighted by Gasteiger charge is 2.38. The van der Waals surface area contributed by atoms with Crippen LogP contribution in [0.2, 0.25) is 0 Å². The van der Waals surface area contributed by atoms with Gasteiger partial charge in [0.2, 0.25) is 0 Å². The Morgan fingerprint density at radius 3 is 2.37 bits per heavy atom. The van der Waals surface area contributed by atoms with Gasteiger partial charge >= 0.3 is 6.18 Å². The lowest BCUT2D eigenvalue weighted by atomic mass is 10.1. The topological polar surface area (TPSA) is 12.0 Å². The van der Waals surface area contributed by atoms with E-state index in [0.717, 1.165) is 25.1 Å². The van der Waals surface area contributed by atoms with Gasteiger partial charge in [-0.2, -0.15) is 13.2 Å². The van der Waals surface area contributed by atoms with Gasteiger partial charge in [0.15, 0.2) is 0 Å². The lowest BCUT2D eigenvalue weighted by Gasteiger charge is -2.08. The maximum atomic E-state index is 12.4. The predicted octanol–water partition coefficient (Wildman–Crippen LogP) is 4.05. The summed E-state index contributed by atoms with van der Waals surface area (Å²) < 4.78 is 37.3. The normalized spacial score (nSPS) is 22.8. The molecule has 1 aliphatic carbocycles. The lowest BCUT2D eigenvalue weighted by Crippen LogP contribution is -2.22. The third kappa shape index (κ3) is 3.96. The molecule has 1 saturated carbocycles. The summed E-state index contributed by atoms with van der Waals surface area (Å²) in [5.74, 6) is 1.64. The van der Waals surface area contributed by atoms with E-state index >= 15 is 0 Å². The molecule has 0 radical (unpaired) electrons. The Hall–Kier alpha value is -1.03. The van der Waals surface area contributed by atoms with Gasteiger partial charge in [0.05, 0.1) is 5.56 Å². The van der Waals surface area contributed by atoms with E-state index in [1.54, 1.807) is 12.1 Å². The molecule has 2 atom stereocenters. The second-order valence-electron chi connectivity index (χ2n) is 5.77. The second kappa shape index (κ2) is 5.53. The first-order valence-electron chi connectivity index (χ1n) is 6.76. The Labute approximate surface area is 112 Å². The maximum Gasteiger partial charge on any atom is 0.416 e. The summed E-state index contributed by atoms with van der Waals surface area (Å²) in [5, 5.41) is 3.40. The zero-order valence-corrected chi connectivity index (χ0v) is 11.3. The zero-order valence-electron chi connectivity index (χ0n) is 11.3. The highest BCUT2D eigenvalue weighted by atomic mass is 19.4. The van der Waals surface area contributed by atoms with Crippen molar-refractivity contribution in [1.82, 2.24) is 5.32 Å². The van der Waals surface area contributed by atoms with Crippen molar-refractivity contribution in [1.29, 1.82) is 0 Å². The summed E-state index contributed by atoms with van der Waals surface area (Å²) in [7, 11) is 0. The number of rotatable bonds is 5. The van der Waals surface area contributed by atoms with Crippen LogP contribution in [-0.4, -0.2) is 13.1 Å². The van der Waals surface area contributed by atoms with Crippen LogP contribution in [0.5, 0.6) is 0 Å². The minimum absolute atomic E-state index is 0.432. The van der Waals surface area contributed by atoms with Crippen LogP contribution in [0.1, 0.15) is 37.3 Å². The first kappa shape index (κ1) is 14.4. The fraction of sp³-hybridized carbons (Fsp3) is 0.600. The van der Waals surface area contributed by atoms with E-state index in [1.807, 2.05) is 0 Å². The van der Waals surface area contributed by atoms with E-state index < -0.39 is 11.7 Å². The number of nitrogens with one attached hydrogen (secondary N) is 1. The fourth-order valence-corrected chi connectivity index (χ4v) is 2.36. The van der Waals surface area contributed by atoms with Gasteiger partial charge in [0.25, 0.3) is 0 Å². The molecular formula is C15H20F3N. The fourth-order valence-electron chi connectivity index (χ4n) is 2.36. The van der Waals surface area contributed by atoms with Crippen LogP contribution in [0.25, 0.3) is 0 Å². The van der Waals surface area contributed by atoms with Gasteiger partial charge in [0.1, 0.15) is 0 Å². The lowest BCUT2D eigenvalue weighted by molar-refractivity contribution is -0.137. The molecule has 0 aromatic heterocycles. The Morgan fingerprint density at radius 2 is 1.84 bits per heavy atom. The Bertz CT molecular complexity index is 408. The van der Waals surface area contributed by atoms with E-state index in [9.17, 15) is 13.2 Å². The highest BCUT2D eigenvalue weighted by molar-refractivity contribution is 5.30. The molecule has 0 amide bonds. The van der Waals surface area contributed by atoms with Gasteiger partial charge in [-0.05, 0) is 55.0 Å². The van der Waals surface area contributed by atoms with Gasteiger partial charge in [-0.1, -0.05) is 26.0 Å². The van der Waals surface area contributed by atoms with Crippen molar-refractivity contribution < 1.29 is 13.2 Å². The molecule has 4 heteroatoms. The van der Waals surface area contributed by atoms with Crippen molar-refractivity contribution in [2.75, 3.05) is 13.1 Å². The molecule has 2 rings (SSSR count). The van der Waals surface area contributed by atoms with Crippen LogP contribution in [0.4, 0.5) is 13.2 Å². The smallest absolute Gasteiger partial charge is 0.316 e. The maximum absolute atomic E-state index is 12.4. The Balaban J connectivity index is 1.84. The molecule has 1 aromatic carbocycles. The molecular weight excluding hydrogens is 251 g/mol. The molecule has 0 saturated heterocycles. The molecule has 106 valence electrons. The van der Waals surface area contributed by atoms with Crippen molar-refractivity contribution in [2.45, 2.75) is 32.4 Å². The first-order valence-corrected chi connectivity index (χ1v) is 6.76. The molecule has 1 fully saturated rings. The van der Waals surface area contributed by atoms with E-state index in [-0.39, 0.29) is 0 Å². The van der Waals surface area contributed by atoms with Gasteiger partial charge in [-0.3, -0.25) is 0 Å². The molecule has 2 unspecified atom stereocenters. The van der Waals surface area contributed by atoms with E-state index in [2.05, 4.69) is 19.2 Å². The summed E-state index contributed by atoms with van der Waals surface area (Å²) in [6, 6.07) is 5.62. The molecule has 1 nitrogen and oxygen atoms in total. The van der Waals surface area contributed by atoms with E-state index in [4.69, 9.17) is 0 Å². The summed E-state index contributed by atoms with van der Waals surface area (Å²) in [4.78, 5) is 0. The molecule has 1 N–H and O–H groups in total. The molecule has 19 heavy (non-hydrogen) atoms. The molecule has 0 aliphatic heterocycles. The standard InChI is InChI=1S/C15H20F3N/c1-10(2)8-19-9-12-7-14(12)11-3-5-13(6-4-11)15(16,17)18/h3-6,10,12,14,19H,7-9H2,1-2H3. The van der Waals surface area contributed by atoms with Crippen LogP contribution in [0.3, 0.4) is 0 Å². The summed E-state index contributed by atoms with van der Waals surface area (Å²) in [6.07, 6.45) is -3.16. The second-order valence-corrected chi connectivity index (χ2v) is 5.77. The molecule has 1 aromatic rings. The number of hydrogen-bond acceptors (Lipinski definition) is 1. The summed E-state index contributed by atoms with van der Waals surface area (Å²) in [6.45, 7) is 6.28. The third-order valence-corrected chi connectivity index (χ3v) is 3.55. The average Bonchev–Trinajstić information content (AvgIpc) is 3.07. The minimum atomic E-state index is -4.24. The van der Waals surface area contributed by atoms with Crippen molar-refractivity contribution in [3.05, 3.63) is 35.4 Å². The average molecular weight is 271 g/mol. The highest BCUT2D eigenvalue weighted by Crippen LogP contribution is 2.47. The minimum Gasteiger partial charge on any atom is -0.316 e. The van der Waals surface area contributed by atoms with Crippen LogP contribution >= 0.6 is 0 Å². The molecule has 0 bridgehead atoms. The number of halogens is 3. The third-order valence-electron chi connectivity index (χ3n) is 3.55. The van der Waals surface area contributed by atoms with Crippen LogP contribution in [0.15, 0.2) is 24.3 Å². The van der Waals surface area contributed by atoms with E-state index in [0.29, 0.717) is 17.8 Å². The molecule has 0 spiro atoms. The largest absolute Gasteiger partial charge is 0.416 e. The molecule has 0 heterocycles. The Morgan fingerprint density at radius 1 is 1.21 bits per heavy atom. The van der Waals surface area contributed by atoms with Gasteiger partial charge in [-0.15, -0.1) is 0 Å². The Kier molecular flexibility index (Phi) is 4.19. The SMILES string of the molecule is CC(C)CNCC1CC1c1ccc(C(F)(F)F)cc1. The van der Waals surface area contributed by atoms with Crippen LogP contribution in [0, 0.1) is 11.8 Å². The van der Waals surface area contributed by atoms with Gasteiger partial charge < -0.3 is 5.32 Å². The van der Waals surface area contributed by atoms with Crippen molar-refractivity contribution in [3.8, 4) is 0 Å². The number of benzene rings is 1. The number of alkyl halides is 3. The first-order chi connectivity index (χ1) is 8.88. The van der Waals surface area contributed by atoms with Crippen molar-refractivity contribution >= 4 is 0 Å². The number of hydrogen-bond donors (Lipinski definition) is 1. The van der Waals surface area contributed by atoms with Crippen LogP contribution < -0.4 is 5.32 Å². The van der Waals surface area contributed by atoms with Crippen molar-refractivity contribution in [2.24, 2.45) is 11.8 Å². The van der Waals surface area contributed by atoms with Gasteiger partial charge in [-0.25, -0.2) is 0 Å². The zero-order chi connectivity index (χ0) is 14.0. The monoisotopic (exact) mass is 271 g/mol. The molecule has 1 aliphatic rings. The summed E-state index contributed by atoms with van der Waals surface area (Å²) >= 11 is 0. The van der Waals surface area contributed by atoms with Crippen LogP contribution in [-0.2, 0) is 6.18 Å². The van der Waals surface area contributed by atoms with Gasteiger partial charge in [0, 0.05) is 0 Å². The quantitative estimate of drug-likeness (QED) is 0.851. The predicted molar refractivity (Wildman–Crippen MR) is 70.0 cm³/mol.